The maximum absolute atomic E-state index is 5.78. The minimum Gasteiger partial charge on any atom is -0.223 e. The predicted octanol–water partition coefficient (Wildman–Crippen LogP) is 1.64. The lowest BCUT2D eigenvalue weighted by atomic mass is 10.4. The van der Waals surface area contributed by atoms with E-state index in [-0.39, 0.29) is 5.28 Å². The Morgan fingerprint density at radius 2 is 1.87 bits per heavy atom. The van der Waals surface area contributed by atoms with Crippen molar-refractivity contribution >= 4 is 11.6 Å². The van der Waals surface area contributed by atoms with Crippen molar-refractivity contribution in [3.8, 4) is 5.82 Å². The van der Waals surface area contributed by atoms with E-state index < -0.39 is 0 Å². The van der Waals surface area contributed by atoms with Gasteiger partial charge in [-0.25, -0.2) is 9.97 Å². The first-order valence-corrected chi connectivity index (χ1v) is 4.86. The molecule has 0 amide bonds. The second-order valence-corrected chi connectivity index (χ2v) is 3.59. The number of aryl methyl sites for hydroxylation is 3. The van der Waals surface area contributed by atoms with Crippen LogP contribution in [0.15, 0.2) is 6.07 Å². The summed E-state index contributed by atoms with van der Waals surface area (Å²) in [6.07, 6.45) is 0. The Bertz CT molecular complexity index is 485. The van der Waals surface area contributed by atoms with Crippen molar-refractivity contribution < 1.29 is 0 Å². The maximum atomic E-state index is 5.78. The van der Waals surface area contributed by atoms with Crippen LogP contribution in [0.2, 0.25) is 5.28 Å². The minimum absolute atomic E-state index is 0.220. The number of rotatable bonds is 1. The highest BCUT2D eigenvalue weighted by Gasteiger charge is 2.08. The SMILES string of the molecule is Cc1cc(-n2nc(C)nc2C)nc(Cl)n1. The van der Waals surface area contributed by atoms with E-state index in [0.29, 0.717) is 11.6 Å². The first kappa shape index (κ1) is 10.0. The zero-order chi connectivity index (χ0) is 11.0. The molecule has 0 bridgehead atoms. The van der Waals surface area contributed by atoms with E-state index in [4.69, 9.17) is 11.6 Å². The van der Waals surface area contributed by atoms with Crippen LogP contribution in [0.25, 0.3) is 5.82 Å². The van der Waals surface area contributed by atoms with Crippen molar-refractivity contribution in [2.24, 2.45) is 0 Å². The summed E-state index contributed by atoms with van der Waals surface area (Å²) in [4.78, 5) is 12.3. The normalized spacial score (nSPS) is 10.7. The molecule has 0 aliphatic heterocycles. The Kier molecular flexibility index (Phi) is 2.40. The van der Waals surface area contributed by atoms with Gasteiger partial charge < -0.3 is 0 Å². The molecule has 0 radical (unpaired) electrons. The van der Waals surface area contributed by atoms with E-state index in [1.54, 1.807) is 4.68 Å². The van der Waals surface area contributed by atoms with Crippen LogP contribution in [0.1, 0.15) is 17.3 Å². The summed E-state index contributed by atoms with van der Waals surface area (Å²) in [5, 5.41) is 4.44. The van der Waals surface area contributed by atoms with E-state index in [9.17, 15) is 0 Å². The quantitative estimate of drug-likeness (QED) is 0.690. The third kappa shape index (κ3) is 1.97. The van der Waals surface area contributed by atoms with Crippen LogP contribution in [-0.4, -0.2) is 24.7 Å². The summed E-state index contributed by atoms with van der Waals surface area (Å²) in [7, 11) is 0. The molecule has 0 saturated carbocycles. The molecule has 2 heterocycles. The Morgan fingerprint density at radius 1 is 1.13 bits per heavy atom. The van der Waals surface area contributed by atoms with Gasteiger partial charge >= 0.3 is 0 Å². The van der Waals surface area contributed by atoms with Crippen LogP contribution >= 0.6 is 11.6 Å². The van der Waals surface area contributed by atoms with E-state index in [1.807, 2.05) is 26.8 Å². The lowest BCUT2D eigenvalue weighted by Gasteiger charge is -2.02. The van der Waals surface area contributed by atoms with Gasteiger partial charge in [0.05, 0.1) is 0 Å². The van der Waals surface area contributed by atoms with E-state index in [2.05, 4.69) is 20.1 Å². The lowest BCUT2D eigenvalue weighted by Crippen LogP contribution is -2.04. The fourth-order valence-electron chi connectivity index (χ4n) is 1.36. The Labute approximate surface area is 92.2 Å². The molecule has 0 atom stereocenters. The topological polar surface area (TPSA) is 56.5 Å². The molecule has 5 nitrogen and oxygen atoms in total. The van der Waals surface area contributed by atoms with Crippen molar-refractivity contribution in [1.82, 2.24) is 24.7 Å². The molecule has 0 aliphatic carbocycles. The number of hydrogen-bond acceptors (Lipinski definition) is 4. The number of aromatic nitrogens is 5. The van der Waals surface area contributed by atoms with Crippen molar-refractivity contribution in [3.05, 3.63) is 28.7 Å². The number of halogens is 1. The van der Waals surface area contributed by atoms with Crippen molar-refractivity contribution in [3.63, 3.8) is 0 Å². The van der Waals surface area contributed by atoms with Crippen molar-refractivity contribution in [2.45, 2.75) is 20.8 Å². The number of nitrogens with zero attached hydrogens (tertiary/aromatic N) is 5. The molecule has 0 saturated heterocycles. The minimum atomic E-state index is 0.220. The summed E-state index contributed by atoms with van der Waals surface area (Å²) in [5.41, 5.74) is 0.803. The van der Waals surface area contributed by atoms with E-state index >= 15 is 0 Å². The van der Waals surface area contributed by atoms with Gasteiger partial charge in [0.2, 0.25) is 5.28 Å². The summed E-state index contributed by atoms with van der Waals surface area (Å²) < 4.78 is 1.65. The van der Waals surface area contributed by atoms with Crippen LogP contribution in [0.3, 0.4) is 0 Å². The van der Waals surface area contributed by atoms with Gasteiger partial charge in [0.15, 0.2) is 5.82 Å². The Hall–Kier alpha value is -1.49. The molecule has 0 aliphatic rings. The molecule has 0 aromatic carbocycles. The third-order valence-corrected chi connectivity index (χ3v) is 2.07. The highest BCUT2D eigenvalue weighted by molar-refractivity contribution is 6.28. The third-order valence-electron chi connectivity index (χ3n) is 1.91. The first-order chi connectivity index (χ1) is 7.06. The second kappa shape index (κ2) is 3.58. The largest absolute Gasteiger partial charge is 0.224 e. The van der Waals surface area contributed by atoms with Gasteiger partial charge in [-0.1, -0.05) is 0 Å². The molecule has 0 N–H and O–H groups in total. The average Bonchev–Trinajstić information content (AvgIpc) is 2.43. The molecule has 0 spiro atoms. The lowest BCUT2D eigenvalue weighted by molar-refractivity contribution is 0.795. The highest BCUT2D eigenvalue weighted by Crippen LogP contribution is 2.10. The second-order valence-electron chi connectivity index (χ2n) is 3.25. The molecule has 6 heteroatoms. The molecule has 78 valence electrons. The summed E-state index contributed by atoms with van der Waals surface area (Å²) in [6.45, 7) is 5.56. The summed E-state index contributed by atoms with van der Waals surface area (Å²) in [6, 6.07) is 1.81. The first-order valence-electron chi connectivity index (χ1n) is 4.48. The fraction of sp³-hybridized carbons (Fsp3) is 0.333. The van der Waals surface area contributed by atoms with Gasteiger partial charge in [-0.05, 0) is 32.4 Å². The monoisotopic (exact) mass is 223 g/mol. The van der Waals surface area contributed by atoms with Gasteiger partial charge in [-0.3, -0.25) is 0 Å². The standard InChI is InChI=1S/C9H10ClN5/c1-5-4-8(13-9(10)11-5)15-7(3)12-6(2)14-15/h4H,1-3H3. The highest BCUT2D eigenvalue weighted by atomic mass is 35.5. The predicted molar refractivity (Wildman–Crippen MR) is 56.2 cm³/mol. The van der Waals surface area contributed by atoms with Crippen LogP contribution in [0, 0.1) is 20.8 Å². The van der Waals surface area contributed by atoms with Gasteiger partial charge in [0.1, 0.15) is 11.6 Å². The van der Waals surface area contributed by atoms with Crippen molar-refractivity contribution in [1.29, 1.82) is 0 Å². The van der Waals surface area contributed by atoms with Gasteiger partial charge in [-0.2, -0.15) is 9.67 Å². The van der Waals surface area contributed by atoms with Crippen LogP contribution in [0.5, 0.6) is 0 Å². The summed E-state index contributed by atoms with van der Waals surface area (Å²) >= 11 is 5.78. The molecular weight excluding hydrogens is 214 g/mol. The zero-order valence-corrected chi connectivity index (χ0v) is 9.45. The zero-order valence-electron chi connectivity index (χ0n) is 8.69. The smallest absolute Gasteiger partial charge is 0.223 e. The van der Waals surface area contributed by atoms with Crippen LogP contribution in [-0.2, 0) is 0 Å². The fourth-order valence-corrected chi connectivity index (χ4v) is 1.58. The van der Waals surface area contributed by atoms with Gasteiger partial charge in [-0.15, -0.1) is 5.10 Å². The number of hydrogen-bond donors (Lipinski definition) is 0. The van der Waals surface area contributed by atoms with Crippen LogP contribution < -0.4 is 0 Å². The Morgan fingerprint density at radius 3 is 2.40 bits per heavy atom. The maximum Gasteiger partial charge on any atom is 0.224 e. The Balaban J connectivity index is 2.58. The molecule has 15 heavy (non-hydrogen) atoms. The molecule has 2 aromatic rings. The molecule has 2 aromatic heterocycles. The molecule has 0 unspecified atom stereocenters. The van der Waals surface area contributed by atoms with Gasteiger partial charge in [0.25, 0.3) is 0 Å². The molecule has 2 rings (SSSR count). The van der Waals surface area contributed by atoms with Gasteiger partial charge in [0, 0.05) is 11.8 Å². The van der Waals surface area contributed by atoms with Crippen LogP contribution in [0.4, 0.5) is 0 Å². The molecular formula is C9H10ClN5. The summed E-state index contributed by atoms with van der Waals surface area (Å²) in [5.74, 6) is 2.13. The molecule has 0 fully saturated rings. The average molecular weight is 224 g/mol. The van der Waals surface area contributed by atoms with Crippen molar-refractivity contribution in [2.75, 3.05) is 0 Å². The van der Waals surface area contributed by atoms with E-state index in [1.165, 1.54) is 0 Å². The van der Waals surface area contributed by atoms with E-state index in [0.717, 1.165) is 11.5 Å².